The van der Waals surface area contributed by atoms with Gasteiger partial charge in [0.1, 0.15) is 6.10 Å². The number of ether oxygens (including phenoxy) is 1. The summed E-state index contributed by atoms with van der Waals surface area (Å²) in [6.07, 6.45) is 6.11. The monoisotopic (exact) mass is 298 g/mol. The first kappa shape index (κ1) is 13.2. The van der Waals surface area contributed by atoms with E-state index in [9.17, 15) is 4.79 Å². The Morgan fingerprint density at radius 3 is 2.23 bits per heavy atom. The lowest BCUT2D eigenvalue weighted by molar-refractivity contribution is -0.147. The number of halogens is 1. The third-order valence-corrected chi connectivity index (χ3v) is 1.88. The average Bonchev–Trinajstić information content (AvgIpc) is 2.06. The van der Waals surface area contributed by atoms with Gasteiger partial charge in [0.15, 0.2) is 0 Å². The summed E-state index contributed by atoms with van der Waals surface area (Å²) in [5.74, 6) is -0.132. The summed E-state index contributed by atoms with van der Waals surface area (Å²) in [5.41, 5.74) is 0. The molecule has 1 fully saturated rings. The molecule has 0 radical (unpaired) electrons. The lowest BCUT2D eigenvalue weighted by Crippen LogP contribution is -2.18. The van der Waals surface area contributed by atoms with Crippen LogP contribution in [0.25, 0.3) is 0 Å². The van der Waals surface area contributed by atoms with Gasteiger partial charge in [0, 0.05) is 6.92 Å². The first-order valence-electron chi connectivity index (χ1n) is 4.93. The van der Waals surface area contributed by atoms with Crippen molar-refractivity contribution in [1.82, 2.24) is 0 Å². The van der Waals surface area contributed by atoms with Crippen LogP contribution < -0.4 is 0 Å². The molecular formula is C10H19IO2. The van der Waals surface area contributed by atoms with Gasteiger partial charge in [-0.15, -0.1) is 0 Å². The van der Waals surface area contributed by atoms with Crippen LogP contribution in [0.5, 0.6) is 0 Å². The molecule has 0 N–H and O–H groups in total. The highest BCUT2D eigenvalue weighted by Crippen LogP contribution is 2.19. The smallest absolute Gasteiger partial charge is 0.302 e. The third kappa shape index (κ3) is 8.53. The average molecular weight is 298 g/mol. The van der Waals surface area contributed by atoms with Crippen molar-refractivity contribution < 1.29 is 9.53 Å². The summed E-state index contributed by atoms with van der Waals surface area (Å²) >= 11 is 2.29. The van der Waals surface area contributed by atoms with E-state index in [1.165, 1.54) is 30.6 Å². The van der Waals surface area contributed by atoms with E-state index < -0.39 is 0 Å². The van der Waals surface area contributed by atoms with E-state index >= 15 is 0 Å². The quantitative estimate of drug-likeness (QED) is 0.422. The van der Waals surface area contributed by atoms with Gasteiger partial charge < -0.3 is 4.74 Å². The van der Waals surface area contributed by atoms with E-state index in [0.717, 1.165) is 12.8 Å². The number of alkyl halides is 1. The largest absolute Gasteiger partial charge is 0.463 e. The van der Waals surface area contributed by atoms with Crippen LogP contribution in [0.3, 0.4) is 0 Å². The summed E-state index contributed by atoms with van der Waals surface area (Å²) in [6.45, 7) is 3.59. The van der Waals surface area contributed by atoms with E-state index in [4.69, 9.17) is 4.74 Å². The SMILES string of the molecule is CC(=O)OC1CCCCC1.CCI. The van der Waals surface area contributed by atoms with Crippen molar-refractivity contribution in [2.24, 2.45) is 0 Å². The fourth-order valence-electron chi connectivity index (χ4n) is 1.42. The number of hydrogen-bond acceptors (Lipinski definition) is 2. The second-order valence-electron chi connectivity index (χ2n) is 3.14. The maximum absolute atomic E-state index is 10.5. The van der Waals surface area contributed by atoms with Crippen LogP contribution >= 0.6 is 22.6 Å². The molecular weight excluding hydrogens is 279 g/mol. The van der Waals surface area contributed by atoms with Crippen molar-refractivity contribution in [3.8, 4) is 0 Å². The zero-order valence-electron chi connectivity index (χ0n) is 8.51. The molecule has 1 aliphatic rings. The van der Waals surface area contributed by atoms with Crippen molar-refractivity contribution in [2.45, 2.75) is 52.1 Å². The topological polar surface area (TPSA) is 26.3 Å². The zero-order chi connectivity index (χ0) is 10.1. The van der Waals surface area contributed by atoms with Gasteiger partial charge in [-0.3, -0.25) is 4.79 Å². The second kappa shape index (κ2) is 8.78. The van der Waals surface area contributed by atoms with Gasteiger partial charge in [-0.25, -0.2) is 0 Å². The molecule has 0 bridgehead atoms. The van der Waals surface area contributed by atoms with Crippen LogP contribution in [0.2, 0.25) is 0 Å². The van der Waals surface area contributed by atoms with Crippen molar-refractivity contribution in [3.05, 3.63) is 0 Å². The lowest BCUT2D eigenvalue weighted by Gasteiger charge is -2.20. The van der Waals surface area contributed by atoms with E-state index in [-0.39, 0.29) is 12.1 Å². The zero-order valence-corrected chi connectivity index (χ0v) is 10.7. The highest BCUT2D eigenvalue weighted by Gasteiger charge is 2.14. The normalized spacial score (nSPS) is 17.2. The minimum absolute atomic E-state index is 0.132. The lowest BCUT2D eigenvalue weighted by atomic mass is 9.98. The molecule has 2 nitrogen and oxygen atoms in total. The summed E-state index contributed by atoms with van der Waals surface area (Å²) in [4.78, 5) is 10.5. The summed E-state index contributed by atoms with van der Waals surface area (Å²) in [6, 6.07) is 0. The molecule has 0 aromatic rings. The highest BCUT2D eigenvalue weighted by molar-refractivity contribution is 14.1. The molecule has 1 saturated carbocycles. The van der Waals surface area contributed by atoms with Gasteiger partial charge in [0.05, 0.1) is 0 Å². The molecule has 1 aliphatic carbocycles. The number of carbonyl (C=O) groups is 1. The molecule has 0 aliphatic heterocycles. The molecule has 3 heteroatoms. The minimum Gasteiger partial charge on any atom is -0.463 e. The number of hydrogen-bond donors (Lipinski definition) is 0. The van der Waals surface area contributed by atoms with E-state index in [1.54, 1.807) is 0 Å². The number of carbonyl (C=O) groups excluding carboxylic acids is 1. The molecule has 0 heterocycles. The van der Waals surface area contributed by atoms with Crippen LogP contribution in [0.15, 0.2) is 0 Å². The number of esters is 1. The molecule has 0 aromatic heterocycles. The van der Waals surface area contributed by atoms with Gasteiger partial charge in [-0.1, -0.05) is 35.9 Å². The second-order valence-corrected chi connectivity index (χ2v) is 4.66. The van der Waals surface area contributed by atoms with E-state index in [2.05, 4.69) is 29.5 Å². The fourth-order valence-corrected chi connectivity index (χ4v) is 1.42. The van der Waals surface area contributed by atoms with Crippen LogP contribution in [0, 0.1) is 0 Å². The molecule has 0 unspecified atom stereocenters. The molecule has 0 spiro atoms. The summed E-state index contributed by atoms with van der Waals surface area (Å²) in [5, 5.41) is 0. The minimum atomic E-state index is -0.132. The van der Waals surface area contributed by atoms with Crippen molar-refractivity contribution >= 4 is 28.6 Å². The molecule has 0 saturated heterocycles. The van der Waals surface area contributed by atoms with Crippen LogP contribution in [-0.4, -0.2) is 16.5 Å². The number of rotatable bonds is 1. The maximum Gasteiger partial charge on any atom is 0.302 e. The molecule has 0 aromatic carbocycles. The van der Waals surface area contributed by atoms with Gasteiger partial charge in [0.2, 0.25) is 0 Å². The van der Waals surface area contributed by atoms with Crippen LogP contribution in [0.4, 0.5) is 0 Å². The Morgan fingerprint density at radius 1 is 1.38 bits per heavy atom. The molecule has 0 atom stereocenters. The van der Waals surface area contributed by atoms with Crippen LogP contribution in [0.1, 0.15) is 46.0 Å². The van der Waals surface area contributed by atoms with Gasteiger partial charge >= 0.3 is 5.97 Å². The third-order valence-electron chi connectivity index (χ3n) is 1.88. The highest BCUT2D eigenvalue weighted by atomic mass is 127. The van der Waals surface area contributed by atoms with Gasteiger partial charge in [-0.2, -0.15) is 0 Å². The molecule has 1 rings (SSSR count). The first-order valence-corrected chi connectivity index (χ1v) is 6.46. The maximum atomic E-state index is 10.5. The molecule has 13 heavy (non-hydrogen) atoms. The Bertz CT molecular complexity index is 131. The van der Waals surface area contributed by atoms with Crippen molar-refractivity contribution in [3.63, 3.8) is 0 Å². The Morgan fingerprint density at radius 2 is 1.85 bits per heavy atom. The van der Waals surface area contributed by atoms with Crippen LogP contribution in [-0.2, 0) is 9.53 Å². The van der Waals surface area contributed by atoms with E-state index in [1.807, 2.05) is 0 Å². The fraction of sp³-hybridized carbons (Fsp3) is 0.900. The standard InChI is InChI=1S/C8H14O2.C2H5I/c1-7(9)10-8-5-3-2-4-6-8;1-2-3/h8H,2-6H2,1H3;2H2,1H3. The Hall–Kier alpha value is 0.200. The molecule has 78 valence electrons. The van der Waals surface area contributed by atoms with Crippen molar-refractivity contribution in [2.75, 3.05) is 4.43 Å². The summed E-state index contributed by atoms with van der Waals surface area (Å²) in [7, 11) is 0. The first-order chi connectivity index (χ1) is 6.20. The van der Waals surface area contributed by atoms with E-state index in [0.29, 0.717) is 0 Å². The van der Waals surface area contributed by atoms with Gasteiger partial charge in [-0.05, 0) is 30.1 Å². The van der Waals surface area contributed by atoms with Crippen molar-refractivity contribution in [1.29, 1.82) is 0 Å². The Balaban J connectivity index is 0.000000424. The Kier molecular flexibility index (Phi) is 8.92. The molecule has 0 amide bonds. The predicted molar refractivity (Wildman–Crippen MR) is 63.2 cm³/mol. The predicted octanol–water partition coefficient (Wildman–Crippen LogP) is 3.32. The summed E-state index contributed by atoms with van der Waals surface area (Å²) < 4.78 is 6.27. The Labute approximate surface area is 94.6 Å². The van der Waals surface area contributed by atoms with Gasteiger partial charge in [0.25, 0.3) is 0 Å².